The molecular weight excluding hydrogens is 244 g/mol. The highest BCUT2D eigenvalue weighted by atomic mass is 16.5. The van der Waals surface area contributed by atoms with Crippen LogP contribution in [0.15, 0.2) is 24.3 Å². The van der Waals surface area contributed by atoms with E-state index in [-0.39, 0.29) is 18.6 Å². The fourth-order valence-electron chi connectivity index (χ4n) is 1.51. The van der Waals surface area contributed by atoms with E-state index in [0.717, 1.165) is 12.0 Å². The van der Waals surface area contributed by atoms with E-state index >= 15 is 0 Å². The summed E-state index contributed by atoms with van der Waals surface area (Å²) in [5.74, 6) is 0.531. The number of ether oxygens (including phenoxy) is 2. The summed E-state index contributed by atoms with van der Waals surface area (Å²) in [7, 11) is 1.64. The number of carbonyl (C=O) groups excluding carboxylic acids is 1. The molecule has 1 amide bonds. The maximum Gasteiger partial charge on any atom is 0.257 e. The van der Waals surface area contributed by atoms with Gasteiger partial charge in [0.2, 0.25) is 0 Å². The number of benzene rings is 1. The van der Waals surface area contributed by atoms with E-state index in [2.05, 4.69) is 5.32 Å². The Kier molecular flexibility index (Phi) is 6.92. The van der Waals surface area contributed by atoms with Crippen molar-refractivity contribution >= 4 is 5.91 Å². The molecule has 3 N–H and O–H groups in total. The van der Waals surface area contributed by atoms with Gasteiger partial charge < -0.3 is 20.5 Å². The summed E-state index contributed by atoms with van der Waals surface area (Å²) < 4.78 is 10.3. The Labute approximate surface area is 114 Å². The zero-order valence-electron chi connectivity index (χ0n) is 11.5. The van der Waals surface area contributed by atoms with Gasteiger partial charge in [-0.05, 0) is 31.0 Å². The first-order valence-electron chi connectivity index (χ1n) is 6.37. The quantitative estimate of drug-likeness (QED) is 0.694. The lowest BCUT2D eigenvalue weighted by Gasteiger charge is -2.09. The molecule has 0 heterocycles. The van der Waals surface area contributed by atoms with Crippen LogP contribution in [0.3, 0.4) is 0 Å². The predicted octanol–water partition coefficient (Wildman–Crippen LogP) is 1.24. The molecule has 5 nitrogen and oxygen atoms in total. The van der Waals surface area contributed by atoms with Gasteiger partial charge in [-0.2, -0.15) is 0 Å². The van der Waals surface area contributed by atoms with Crippen LogP contribution in [-0.2, 0) is 9.53 Å². The molecule has 106 valence electrons. The van der Waals surface area contributed by atoms with Gasteiger partial charge in [0.15, 0.2) is 6.61 Å². The predicted molar refractivity (Wildman–Crippen MR) is 74.0 cm³/mol. The zero-order valence-corrected chi connectivity index (χ0v) is 11.5. The van der Waals surface area contributed by atoms with Crippen LogP contribution in [-0.4, -0.2) is 32.8 Å². The molecule has 0 fully saturated rings. The lowest BCUT2D eigenvalue weighted by molar-refractivity contribution is -0.123. The van der Waals surface area contributed by atoms with Crippen molar-refractivity contribution in [1.82, 2.24) is 5.32 Å². The second-order valence-electron chi connectivity index (χ2n) is 4.34. The van der Waals surface area contributed by atoms with Crippen LogP contribution in [0.2, 0.25) is 0 Å². The summed E-state index contributed by atoms with van der Waals surface area (Å²) in [5, 5.41) is 2.75. The molecule has 0 saturated carbocycles. The number of methoxy groups -OCH3 is 1. The van der Waals surface area contributed by atoms with E-state index in [1.165, 1.54) is 0 Å². The molecule has 0 spiro atoms. The molecule has 1 rings (SSSR count). The average molecular weight is 266 g/mol. The van der Waals surface area contributed by atoms with Gasteiger partial charge in [-0.15, -0.1) is 0 Å². The smallest absolute Gasteiger partial charge is 0.257 e. The molecule has 5 heteroatoms. The monoisotopic (exact) mass is 266 g/mol. The van der Waals surface area contributed by atoms with Gasteiger partial charge in [-0.25, -0.2) is 0 Å². The van der Waals surface area contributed by atoms with Crippen molar-refractivity contribution in [2.75, 3.05) is 26.9 Å². The van der Waals surface area contributed by atoms with Crippen molar-refractivity contribution in [3.8, 4) is 5.75 Å². The summed E-state index contributed by atoms with van der Waals surface area (Å²) in [6.45, 7) is 3.17. The number of hydrogen-bond acceptors (Lipinski definition) is 4. The fourth-order valence-corrected chi connectivity index (χ4v) is 1.51. The normalized spacial score (nSPS) is 11.9. The van der Waals surface area contributed by atoms with Crippen LogP contribution in [0.25, 0.3) is 0 Å². The first-order chi connectivity index (χ1) is 9.13. The lowest BCUT2D eigenvalue weighted by atomic mass is 10.1. The standard InChI is InChI=1S/C14H22N2O3/c1-11(15)12-4-6-13(7-5-12)19-10-14(17)16-8-3-9-18-2/h4-7,11H,3,8-10,15H2,1-2H3,(H,16,17)/t11-/m0/s1. The van der Waals surface area contributed by atoms with E-state index in [1.807, 2.05) is 31.2 Å². The van der Waals surface area contributed by atoms with Crippen molar-refractivity contribution in [2.24, 2.45) is 5.73 Å². The fraction of sp³-hybridized carbons (Fsp3) is 0.500. The van der Waals surface area contributed by atoms with E-state index in [1.54, 1.807) is 7.11 Å². The van der Waals surface area contributed by atoms with Crippen molar-refractivity contribution in [1.29, 1.82) is 0 Å². The van der Waals surface area contributed by atoms with E-state index < -0.39 is 0 Å². The number of nitrogens with one attached hydrogen (secondary N) is 1. The summed E-state index contributed by atoms with van der Waals surface area (Å²) >= 11 is 0. The van der Waals surface area contributed by atoms with Crippen LogP contribution in [0.4, 0.5) is 0 Å². The van der Waals surface area contributed by atoms with Crippen LogP contribution in [0, 0.1) is 0 Å². The van der Waals surface area contributed by atoms with Gasteiger partial charge in [0, 0.05) is 26.3 Å². The molecule has 0 unspecified atom stereocenters. The Hall–Kier alpha value is -1.59. The Morgan fingerprint density at radius 1 is 1.37 bits per heavy atom. The first-order valence-corrected chi connectivity index (χ1v) is 6.37. The van der Waals surface area contributed by atoms with Crippen molar-refractivity contribution in [2.45, 2.75) is 19.4 Å². The van der Waals surface area contributed by atoms with Crippen LogP contribution >= 0.6 is 0 Å². The highest BCUT2D eigenvalue weighted by molar-refractivity contribution is 5.77. The van der Waals surface area contributed by atoms with Gasteiger partial charge in [0.25, 0.3) is 5.91 Å². The molecule has 1 aromatic rings. The molecule has 0 radical (unpaired) electrons. The molecule has 0 aliphatic heterocycles. The first kappa shape index (κ1) is 15.5. The minimum atomic E-state index is -0.132. The van der Waals surface area contributed by atoms with Gasteiger partial charge in [0.05, 0.1) is 0 Å². The SMILES string of the molecule is COCCCNC(=O)COc1ccc([C@H](C)N)cc1. The molecule has 19 heavy (non-hydrogen) atoms. The molecule has 0 aliphatic rings. The van der Waals surface area contributed by atoms with Crippen molar-refractivity contribution < 1.29 is 14.3 Å². The Morgan fingerprint density at radius 3 is 2.63 bits per heavy atom. The molecule has 0 saturated heterocycles. The summed E-state index contributed by atoms with van der Waals surface area (Å²) in [4.78, 5) is 11.5. The van der Waals surface area contributed by atoms with Crippen LogP contribution < -0.4 is 15.8 Å². The summed E-state index contributed by atoms with van der Waals surface area (Å²) in [6.07, 6.45) is 0.797. The second-order valence-corrected chi connectivity index (χ2v) is 4.34. The molecule has 1 atom stereocenters. The van der Waals surface area contributed by atoms with E-state index in [4.69, 9.17) is 15.2 Å². The third kappa shape index (κ3) is 6.22. The molecule has 0 aromatic heterocycles. The highest BCUT2D eigenvalue weighted by Gasteiger charge is 2.03. The largest absolute Gasteiger partial charge is 0.484 e. The number of hydrogen-bond donors (Lipinski definition) is 2. The van der Waals surface area contributed by atoms with E-state index in [0.29, 0.717) is 18.9 Å². The number of rotatable bonds is 8. The molecule has 1 aromatic carbocycles. The Bertz CT molecular complexity index is 377. The van der Waals surface area contributed by atoms with Gasteiger partial charge in [-0.3, -0.25) is 4.79 Å². The molecular formula is C14H22N2O3. The Balaban J connectivity index is 2.26. The summed E-state index contributed by atoms with van der Waals surface area (Å²) in [5.41, 5.74) is 6.79. The summed E-state index contributed by atoms with van der Waals surface area (Å²) in [6, 6.07) is 7.43. The highest BCUT2D eigenvalue weighted by Crippen LogP contribution is 2.15. The minimum Gasteiger partial charge on any atom is -0.484 e. The Morgan fingerprint density at radius 2 is 2.05 bits per heavy atom. The maximum atomic E-state index is 11.5. The van der Waals surface area contributed by atoms with Crippen molar-refractivity contribution in [3.63, 3.8) is 0 Å². The van der Waals surface area contributed by atoms with Gasteiger partial charge in [-0.1, -0.05) is 12.1 Å². The number of nitrogens with two attached hydrogens (primary N) is 1. The van der Waals surface area contributed by atoms with Crippen LogP contribution in [0.1, 0.15) is 24.9 Å². The van der Waals surface area contributed by atoms with E-state index in [9.17, 15) is 4.79 Å². The zero-order chi connectivity index (χ0) is 14.1. The topological polar surface area (TPSA) is 73.6 Å². The average Bonchev–Trinajstić information content (AvgIpc) is 2.42. The van der Waals surface area contributed by atoms with Crippen LogP contribution in [0.5, 0.6) is 5.75 Å². The maximum absolute atomic E-state index is 11.5. The number of amides is 1. The molecule has 0 bridgehead atoms. The minimum absolute atomic E-state index is 0.00173. The lowest BCUT2D eigenvalue weighted by Crippen LogP contribution is -2.30. The van der Waals surface area contributed by atoms with Crippen molar-refractivity contribution in [3.05, 3.63) is 29.8 Å². The third-order valence-electron chi connectivity index (χ3n) is 2.62. The second kappa shape index (κ2) is 8.50. The van der Waals surface area contributed by atoms with Gasteiger partial charge >= 0.3 is 0 Å². The molecule has 0 aliphatic carbocycles. The number of carbonyl (C=O) groups is 1. The third-order valence-corrected chi connectivity index (χ3v) is 2.62. The van der Waals surface area contributed by atoms with Gasteiger partial charge in [0.1, 0.15) is 5.75 Å².